The van der Waals surface area contributed by atoms with Crippen LogP contribution >= 0.6 is 0 Å². The lowest BCUT2D eigenvalue weighted by Crippen LogP contribution is -2.42. The summed E-state index contributed by atoms with van der Waals surface area (Å²) in [6.07, 6.45) is 2.75. The van der Waals surface area contributed by atoms with Crippen molar-refractivity contribution in [1.29, 1.82) is 0 Å². The van der Waals surface area contributed by atoms with Crippen molar-refractivity contribution in [2.24, 2.45) is 0 Å². The molecule has 1 aromatic carbocycles. The zero-order valence-corrected chi connectivity index (χ0v) is 13.4. The Balaban J connectivity index is 2.06. The van der Waals surface area contributed by atoms with Gasteiger partial charge >= 0.3 is 5.97 Å². The summed E-state index contributed by atoms with van der Waals surface area (Å²) in [6.45, 7) is 1.75. The van der Waals surface area contributed by atoms with Crippen LogP contribution in [-0.2, 0) is 19.1 Å². The minimum Gasteiger partial charge on any atom is -0.469 e. The monoisotopic (exact) mass is 318 g/mol. The first kappa shape index (κ1) is 17.0. The highest BCUT2D eigenvalue weighted by Crippen LogP contribution is 2.21. The minimum atomic E-state index is -0.508. The van der Waals surface area contributed by atoms with Crippen molar-refractivity contribution in [1.82, 2.24) is 5.32 Å². The average molecular weight is 318 g/mol. The molecule has 0 spiro atoms. The van der Waals surface area contributed by atoms with Crippen molar-refractivity contribution in [3.8, 4) is 0 Å². The van der Waals surface area contributed by atoms with Gasteiger partial charge in [0.15, 0.2) is 0 Å². The number of carbonyl (C=O) groups excluding carboxylic acids is 3. The predicted octanol–water partition coefficient (Wildman–Crippen LogP) is 1.96. The SMILES string of the molecule is COC(=O)[C@H](C)c1cccc(NC(=O)[C@H]2CCCCC(=O)N2)c1. The fraction of sp³-hybridized carbons (Fsp3) is 0.471. The molecule has 0 aliphatic carbocycles. The zero-order valence-electron chi connectivity index (χ0n) is 13.4. The summed E-state index contributed by atoms with van der Waals surface area (Å²) in [5, 5.41) is 5.54. The maximum atomic E-state index is 12.3. The fourth-order valence-corrected chi connectivity index (χ4v) is 2.60. The van der Waals surface area contributed by atoms with Gasteiger partial charge in [-0.1, -0.05) is 18.6 Å². The first-order valence-electron chi connectivity index (χ1n) is 7.79. The van der Waals surface area contributed by atoms with Crippen LogP contribution in [0.1, 0.15) is 44.1 Å². The molecule has 1 aliphatic rings. The highest BCUT2D eigenvalue weighted by atomic mass is 16.5. The fourth-order valence-electron chi connectivity index (χ4n) is 2.60. The van der Waals surface area contributed by atoms with Gasteiger partial charge in [-0.25, -0.2) is 0 Å². The zero-order chi connectivity index (χ0) is 16.8. The molecule has 1 fully saturated rings. The van der Waals surface area contributed by atoms with E-state index in [-0.39, 0.29) is 17.8 Å². The highest BCUT2D eigenvalue weighted by molar-refractivity contribution is 5.97. The van der Waals surface area contributed by atoms with Crippen molar-refractivity contribution in [2.75, 3.05) is 12.4 Å². The van der Waals surface area contributed by atoms with E-state index in [0.717, 1.165) is 18.4 Å². The van der Waals surface area contributed by atoms with Crippen LogP contribution in [0.4, 0.5) is 5.69 Å². The molecule has 2 amide bonds. The van der Waals surface area contributed by atoms with Gasteiger partial charge in [-0.2, -0.15) is 0 Å². The van der Waals surface area contributed by atoms with Crippen LogP contribution in [0, 0.1) is 0 Å². The molecular formula is C17H22N2O4. The molecule has 0 unspecified atom stereocenters. The summed E-state index contributed by atoms with van der Waals surface area (Å²) in [4.78, 5) is 35.5. The molecule has 23 heavy (non-hydrogen) atoms. The lowest BCUT2D eigenvalue weighted by atomic mass is 10.0. The number of rotatable bonds is 4. The van der Waals surface area contributed by atoms with E-state index in [1.165, 1.54) is 7.11 Å². The predicted molar refractivity (Wildman–Crippen MR) is 85.9 cm³/mol. The van der Waals surface area contributed by atoms with Gasteiger partial charge in [0.25, 0.3) is 0 Å². The van der Waals surface area contributed by atoms with Gasteiger partial charge in [-0.15, -0.1) is 0 Å². The number of benzene rings is 1. The van der Waals surface area contributed by atoms with Gasteiger partial charge in [-0.3, -0.25) is 14.4 Å². The number of esters is 1. The second-order valence-electron chi connectivity index (χ2n) is 5.73. The van der Waals surface area contributed by atoms with Crippen molar-refractivity contribution in [3.05, 3.63) is 29.8 Å². The molecule has 1 heterocycles. The summed E-state index contributed by atoms with van der Waals surface area (Å²) >= 11 is 0. The van der Waals surface area contributed by atoms with Gasteiger partial charge in [0.1, 0.15) is 6.04 Å². The lowest BCUT2D eigenvalue weighted by Gasteiger charge is -2.16. The number of ether oxygens (including phenoxy) is 1. The Kier molecular flexibility index (Phi) is 5.73. The van der Waals surface area contributed by atoms with Crippen LogP contribution < -0.4 is 10.6 Å². The number of methoxy groups -OCH3 is 1. The average Bonchev–Trinajstić information content (AvgIpc) is 2.78. The molecule has 1 saturated heterocycles. The van der Waals surface area contributed by atoms with E-state index in [1.807, 2.05) is 6.07 Å². The number of hydrogen-bond donors (Lipinski definition) is 2. The molecule has 0 aromatic heterocycles. The lowest BCUT2D eigenvalue weighted by molar-refractivity contribution is -0.142. The van der Waals surface area contributed by atoms with Crippen LogP contribution in [0.2, 0.25) is 0 Å². The van der Waals surface area contributed by atoms with Gasteiger partial charge in [0.05, 0.1) is 13.0 Å². The Hall–Kier alpha value is -2.37. The Morgan fingerprint density at radius 3 is 2.87 bits per heavy atom. The van der Waals surface area contributed by atoms with E-state index >= 15 is 0 Å². The van der Waals surface area contributed by atoms with Crippen molar-refractivity contribution >= 4 is 23.5 Å². The Morgan fingerprint density at radius 2 is 2.13 bits per heavy atom. The van der Waals surface area contributed by atoms with E-state index in [0.29, 0.717) is 18.5 Å². The summed E-state index contributed by atoms with van der Waals surface area (Å²) in [5.74, 6) is -1.06. The van der Waals surface area contributed by atoms with Gasteiger partial charge in [0.2, 0.25) is 11.8 Å². The number of hydrogen-bond acceptors (Lipinski definition) is 4. The first-order chi connectivity index (χ1) is 11.0. The number of nitrogens with one attached hydrogen (secondary N) is 2. The maximum Gasteiger partial charge on any atom is 0.312 e. The van der Waals surface area contributed by atoms with Crippen LogP contribution in [-0.4, -0.2) is 30.9 Å². The summed E-state index contributed by atoms with van der Waals surface area (Å²) in [7, 11) is 1.35. The van der Waals surface area contributed by atoms with Crippen molar-refractivity contribution in [3.63, 3.8) is 0 Å². The second-order valence-corrected chi connectivity index (χ2v) is 5.73. The molecule has 0 bridgehead atoms. The smallest absolute Gasteiger partial charge is 0.312 e. The third kappa shape index (κ3) is 4.55. The Morgan fingerprint density at radius 1 is 1.35 bits per heavy atom. The van der Waals surface area contributed by atoms with Crippen LogP contribution in [0.15, 0.2) is 24.3 Å². The molecule has 1 aliphatic heterocycles. The highest BCUT2D eigenvalue weighted by Gasteiger charge is 2.23. The van der Waals surface area contributed by atoms with Gasteiger partial charge < -0.3 is 15.4 Å². The third-order valence-electron chi connectivity index (χ3n) is 4.01. The van der Waals surface area contributed by atoms with Gasteiger partial charge in [-0.05, 0) is 37.5 Å². The Labute approximate surface area is 135 Å². The molecule has 6 heteroatoms. The minimum absolute atomic E-state index is 0.0873. The molecule has 6 nitrogen and oxygen atoms in total. The van der Waals surface area contributed by atoms with E-state index in [4.69, 9.17) is 4.74 Å². The van der Waals surface area contributed by atoms with Crippen LogP contribution in [0.3, 0.4) is 0 Å². The van der Waals surface area contributed by atoms with Crippen molar-refractivity contribution < 1.29 is 19.1 Å². The summed E-state index contributed by atoms with van der Waals surface area (Å²) in [5.41, 5.74) is 1.36. The molecular weight excluding hydrogens is 296 g/mol. The van der Waals surface area contributed by atoms with E-state index in [2.05, 4.69) is 10.6 Å². The Bertz CT molecular complexity index is 600. The van der Waals surface area contributed by atoms with E-state index < -0.39 is 12.0 Å². The standard InChI is InChI=1S/C17H22N2O4/c1-11(17(22)23-2)12-6-5-7-13(10-12)18-16(21)14-8-3-4-9-15(20)19-14/h5-7,10-11,14H,3-4,8-9H2,1-2H3,(H,18,21)(H,19,20)/t11-,14-/m1/s1. The van der Waals surface area contributed by atoms with Crippen molar-refractivity contribution in [2.45, 2.75) is 44.6 Å². The largest absolute Gasteiger partial charge is 0.469 e. The maximum absolute atomic E-state index is 12.3. The quantitative estimate of drug-likeness (QED) is 0.831. The molecule has 2 atom stereocenters. The topological polar surface area (TPSA) is 84.5 Å². The number of anilines is 1. The van der Waals surface area contributed by atoms with Crippen LogP contribution in [0.25, 0.3) is 0 Å². The summed E-state index contributed by atoms with van der Waals surface area (Å²) in [6, 6.07) is 6.58. The first-order valence-corrected chi connectivity index (χ1v) is 7.79. The molecule has 0 saturated carbocycles. The molecule has 124 valence electrons. The van der Waals surface area contributed by atoms with E-state index in [9.17, 15) is 14.4 Å². The molecule has 2 rings (SSSR count). The number of amides is 2. The molecule has 2 N–H and O–H groups in total. The number of carbonyl (C=O) groups is 3. The molecule has 0 radical (unpaired) electrons. The molecule has 1 aromatic rings. The third-order valence-corrected chi connectivity index (χ3v) is 4.01. The normalized spacial score (nSPS) is 19.2. The van der Waals surface area contributed by atoms with Gasteiger partial charge in [0, 0.05) is 12.1 Å². The summed E-state index contributed by atoms with van der Waals surface area (Å²) < 4.78 is 4.73. The second kappa shape index (κ2) is 7.76. The van der Waals surface area contributed by atoms with E-state index in [1.54, 1.807) is 25.1 Å². The van der Waals surface area contributed by atoms with Crippen LogP contribution in [0.5, 0.6) is 0 Å².